The maximum atomic E-state index is 12.1. The summed E-state index contributed by atoms with van der Waals surface area (Å²) in [6, 6.07) is 10.1. The molecule has 0 aliphatic carbocycles. The van der Waals surface area contributed by atoms with Crippen LogP contribution in [0.3, 0.4) is 0 Å². The molecule has 24 heavy (non-hydrogen) atoms. The van der Waals surface area contributed by atoms with E-state index in [1.54, 1.807) is 19.1 Å². The lowest BCUT2D eigenvalue weighted by Crippen LogP contribution is -2.30. The van der Waals surface area contributed by atoms with E-state index in [0.29, 0.717) is 21.5 Å². The molecule has 0 bridgehead atoms. The molecule has 1 amide bonds. The quantitative estimate of drug-likeness (QED) is 0.821. The normalized spacial score (nSPS) is 12.5. The number of amides is 1. The lowest BCUT2D eigenvalue weighted by molar-refractivity contribution is -0.122. The van der Waals surface area contributed by atoms with Crippen LogP contribution in [0.4, 0.5) is 5.69 Å². The number of hydrogen-bond acceptors (Lipinski definition) is 4. The van der Waals surface area contributed by atoms with Gasteiger partial charge in [-0.25, -0.2) is 13.6 Å². The summed E-state index contributed by atoms with van der Waals surface area (Å²) in [5, 5.41) is 8.32. The zero-order valence-corrected chi connectivity index (χ0v) is 14.8. The molecule has 0 unspecified atom stereocenters. The van der Waals surface area contributed by atoms with Crippen LogP contribution in [-0.4, -0.2) is 20.4 Å². The van der Waals surface area contributed by atoms with Gasteiger partial charge in [0.1, 0.15) is 5.75 Å². The summed E-state index contributed by atoms with van der Waals surface area (Å²) in [6.07, 6.45) is -0.805. The molecule has 0 heterocycles. The molecule has 9 heteroatoms. The van der Waals surface area contributed by atoms with Crippen molar-refractivity contribution in [2.24, 2.45) is 5.14 Å². The molecule has 2 aromatic rings. The number of sulfonamides is 1. The maximum absolute atomic E-state index is 12.1. The number of rotatable bonds is 5. The van der Waals surface area contributed by atoms with Crippen molar-refractivity contribution in [1.29, 1.82) is 0 Å². The van der Waals surface area contributed by atoms with Gasteiger partial charge in [-0.2, -0.15) is 0 Å². The van der Waals surface area contributed by atoms with Crippen molar-refractivity contribution >= 4 is 44.8 Å². The first-order valence-electron chi connectivity index (χ1n) is 6.72. The second-order valence-corrected chi connectivity index (χ2v) is 7.27. The number of benzene rings is 2. The lowest BCUT2D eigenvalue weighted by Gasteiger charge is -2.15. The topological polar surface area (TPSA) is 98.5 Å². The van der Waals surface area contributed by atoms with Crippen LogP contribution in [-0.2, 0) is 14.8 Å². The van der Waals surface area contributed by atoms with Crippen LogP contribution >= 0.6 is 23.2 Å². The van der Waals surface area contributed by atoms with Crippen LogP contribution in [0.2, 0.25) is 10.0 Å². The summed E-state index contributed by atoms with van der Waals surface area (Å²) in [5.41, 5.74) is 0.414. The minimum Gasteiger partial charge on any atom is -0.481 e. The number of nitrogens with one attached hydrogen (secondary N) is 1. The number of carbonyl (C=O) groups is 1. The fourth-order valence-electron chi connectivity index (χ4n) is 1.78. The summed E-state index contributed by atoms with van der Waals surface area (Å²) in [7, 11) is -3.77. The molecule has 0 saturated carbocycles. The van der Waals surface area contributed by atoms with E-state index in [4.69, 9.17) is 33.1 Å². The minimum atomic E-state index is -3.77. The highest BCUT2D eigenvalue weighted by atomic mass is 35.5. The van der Waals surface area contributed by atoms with Crippen molar-refractivity contribution in [3.05, 3.63) is 52.5 Å². The van der Waals surface area contributed by atoms with Crippen LogP contribution in [0.5, 0.6) is 5.75 Å². The number of primary sulfonamides is 1. The molecule has 2 rings (SSSR count). The molecule has 0 spiro atoms. The molecule has 128 valence electrons. The van der Waals surface area contributed by atoms with E-state index in [1.165, 1.54) is 30.3 Å². The van der Waals surface area contributed by atoms with E-state index in [9.17, 15) is 13.2 Å². The number of ether oxygens (including phenoxy) is 1. The van der Waals surface area contributed by atoms with Gasteiger partial charge >= 0.3 is 0 Å². The molecule has 0 fully saturated rings. The standard InChI is InChI=1S/C15H14Cl2N2O4S/c1-9(23-11-4-7-13(16)14(17)8-11)15(20)19-10-2-5-12(6-3-10)24(18,21)22/h2-9H,1H3,(H,19,20)(H2,18,21,22)/t9-/m1/s1. The first-order chi connectivity index (χ1) is 11.2. The molecule has 6 nitrogen and oxygen atoms in total. The lowest BCUT2D eigenvalue weighted by atomic mass is 10.3. The fourth-order valence-corrected chi connectivity index (χ4v) is 2.58. The van der Waals surface area contributed by atoms with E-state index >= 15 is 0 Å². The monoisotopic (exact) mass is 388 g/mol. The van der Waals surface area contributed by atoms with Crippen molar-refractivity contribution < 1.29 is 17.9 Å². The van der Waals surface area contributed by atoms with Gasteiger partial charge in [-0.1, -0.05) is 23.2 Å². The average Bonchev–Trinajstić information content (AvgIpc) is 2.50. The minimum absolute atomic E-state index is 0.0411. The Balaban J connectivity index is 2.02. The summed E-state index contributed by atoms with van der Waals surface area (Å²) >= 11 is 11.7. The maximum Gasteiger partial charge on any atom is 0.265 e. The first-order valence-corrected chi connectivity index (χ1v) is 9.02. The largest absolute Gasteiger partial charge is 0.481 e. The van der Waals surface area contributed by atoms with Crippen LogP contribution in [0, 0.1) is 0 Å². The van der Waals surface area contributed by atoms with Gasteiger partial charge in [0.05, 0.1) is 14.9 Å². The van der Waals surface area contributed by atoms with E-state index in [0.717, 1.165) is 0 Å². The third kappa shape index (κ3) is 4.85. The number of nitrogens with two attached hydrogens (primary N) is 1. The number of hydrogen-bond donors (Lipinski definition) is 2. The molecule has 2 aromatic carbocycles. The molecule has 1 atom stereocenters. The summed E-state index contributed by atoms with van der Waals surface area (Å²) in [4.78, 5) is 12.1. The van der Waals surface area contributed by atoms with E-state index in [2.05, 4.69) is 5.32 Å². The molecule has 3 N–H and O–H groups in total. The van der Waals surface area contributed by atoms with Crippen LogP contribution < -0.4 is 15.2 Å². The predicted octanol–water partition coefficient (Wildman–Crippen LogP) is 3.05. The van der Waals surface area contributed by atoms with Crippen LogP contribution in [0.1, 0.15) is 6.92 Å². The molecular weight excluding hydrogens is 375 g/mol. The van der Waals surface area contributed by atoms with Gasteiger partial charge in [0.15, 0.2) is 6.10 Å². The second-order valence-electron chi connectivity index (χ2n) is 4.89. The average molecular weight is 389 g/mol. The molecule has 0 aliphatic heterocycles. The molecule has 0 saturated heterocycles. The summed E-state index contributed by atoms with van der Waals surface area (Å²) < 4.78 is 27.9. The highest BCUT2D eigenvalue weighted by Crippen LogP contribution is 2.27. The molecule has 0 aliphatic rings. The van der Waals surface area contributed by atoms with Crippen LogP contribution in [0.15, 0.2) is 47.4 Å². The highest BCUT2D eigenvalue weighted by Gasteiger charge is 2.16. The highest BCUT2D eigenvalue weighted by molar-refractivity contribution is 7.89. The summed E-state index contributed by atoms with van der Waals surface area (Å²) in [5.74, 6) is -0.0129. The first kappa shape index (κ1) is 18.5. The van der Waals surface area contributed by atoms with Gasteiger partial charge in [0.25, 0.3) is 5.91 Å². The SMILES string of the molecule is C[C@@H](Oc1ccc(Cl)c(Cl)c1)C(=O)Nc1ccc(S(N)(=O)=O)cc1. The Labute approximate surface area is 149 Å². The van der Waals surface area contributed by atoms with Crippen molar-refractivity contribution in [1.82, 2.24) is 0 Å². The Morgan fingerprint density at radius 2 is 1.75 bits per heavy atom. The molecule has 0 radical (unpaired) electrons. The van der Waals surface area contributed by atoms with Gasteiger partial charge in [-0.05, 0) is 43.3 Å². The van der Waals surface area contributed by atoms with Gasteiger partial charge < -0.3 is 10.1 Å². The number of carbonyl (C=O) groups excluding carboxylic acids is 1. The predicted molar refractivity (Wildman–Crippen MR) is 93.0 cm³/mol. The molecular formula is C15H14Cl2N2O4S. The Morgan fingerprint density at radius 3 is 2.29 bits per heavy atom. The Morgan fingerprint density at radius 1 is 1.12 bits per heavy atom. The second kappa shape index (κ2) is 7.40. The van der Waals surface area contributed by atoms with Gasteiger partial charge in [-0.15, -0.1) is 0 Å². The Kier molecular flexibility index (Phi) is 5.71. The Hall–Kier alpha value is -1.80. The van der Waals surface area contributed by atoms with Crippen LogP contribution in [0.25, 0.3) is 0 Å². The van der Waals surface area contributed by atoms with Gasteiger partial charge in [-0.3, -0.25) is 4.79 Å². The zero-order chi connectivity index (χ0) is 17.9. The number of anilines is 1. The Bertz CT molecular complexity index is 854. The zero-order valence-electron chi connectivity index (χ0n) is 12.5. The van der Waals surface area contributed by atoms with E-state index in [1.807, 2.05) is 0 Å². The van der Waals surface area contributed by atoms with Gasteiger partial charge in [0.2, 0.25) is 10.0 Å². The van der Waals surface area contributed by atoms with E-state index < -0.39 is 22.0 Å². The van der Waals surface area contributed by atoms with E-state index in [-0.39, 0.29) is 4.90 Å². The smallest absolute Gasteiger partial charge is 0.265 e. The van der Waals surface area contributed by atoms with Crippen molar-refractivity contribution in [2.45, 2.75) is 17.9 Å². The van der Waals surface area contributed by atoms with Gasteiger partial charge in [0, 0.05) is 11.8 Å². The summed E-state index contributed by atoms with van der Waals surface area (Å²) in [6.45, 7) is 1.57. The van der Waals surface area contributed by atoms with Crippen molar-refractivity contribution in [3.63, 3.8) is 0 Å². The van der Waals surface area contributed by atoms with Crippen molar-refractivity contribution in [2.75, 3.05) is 5.32 Å². The fraction of sp³-hybridized carbons (Fsp3) is 0.133. The number of halogens is 2. The molecule has 0 aromatic heterocycles. The van der Waals surface area contributed by atoms with Crippen molar-refractivity contribution in [3.8, 4) is 5.75 Å². The third-order valence-corrected chi connectivity index (χ3v) is 4.69. The third-order valence-electron chi connectivity index (χ3n) is 3.02.